The van der Waals surface area contributed by atoms with Gasteiger partial charge >= 0.3 is 0 Å². The van der Waals surface area contributed by atoms with Gasteiger partial charge in [-0.1, -0.05) is 11.6 Å². The van der Waals surface area contributed by atoms with Gasteiger partial charge in [0, 0.05) is 5.56 Å². The van der Waals surface area contributed by atoms with E-state index in [0.29, 0.717) is 16.3 Å². The van der Waals surface area contributed by atoms with Crippen LogP contribution in [0.4, 0.5) is 0 Å². The lowest BCUT2D eigenvalue weighted by molar-refractivity contribution is 0.112. The summed E-state index contributed by atoms with van der Waals surface area (Å²) in [6.07, 6.45) is 0.786. The highest BCUT2D eigenvalue weighted by Gasteiger charge is 2.04. The molecule has 0 amide bonds. The highest BCUT2D eigenvalue weighted by Crippen LogP contribution is 2.26. The van der Waals surface area contributed by atoms with Gasteiger partial charge in [-0.05, 0) is 24.6 Å². The molecule has 0 bridgehead atoms. The summed E-state index contributed by atoms with van der Waals surface area (Å²) in [6, 6.07) is 3.34. The van der Waals surface area contributed by atoms with E-state index in [9.17, 15) is 4.79 Å². The van der Waals surface area contributed by atoms with Crippen LogP contribution in [-0.4, -0.2) is 13.4 Å². The molecule has 0 N–H and O–H groups in total. The normalized spacial score (nSPS) is 9.58. The number of methoxy groups -OCH3 is 1. The fourth-order valence-electron chi connectivity index (χ4n) is 0.952. The quantitative estimate of drug-likeness (QED) is 0.660. The van der Waals surface area contributed by atoms with E-state index in [2.05, 4.69) is 0 Å². The molecule has 0 atom stereocenters. The minimum atomic E-state index is 0.528. The molecule has 0 unspecified atom stereocenters. The summed E-state index contributed by atoms with van der Waals surface area (Å²) in [7, 11) is 1.52. The largest absolute Gasteiger partial charge is 0.495 e. The Bertz CT molecular complexity index is 308. The molecule has 0 aliphatic heterocycles. The molecule has 2 nitrogen and oxygen atoms in total. The summed E-state index contributed by atoms with van der Waals surface area (Å²) in [5.41, 5.74) is 1.46. The van der Waals surface area contributed by atoms with E-state index in [1.54, 1.807) is 12.1 Å². The maximum Gasteiger partial charge on any atom is 0.150 e. The fourth-order valence-corrected chi connectivity index (χ4v) is 1.25. The zero-order chi connectivity index (χ0) is 9.14. The molecule has 0 fully saturated rings. The van der Waals surface area contributed by atoms with Crippen LogP contribution >= 0.6 is 11.6 Å². The predicted octanol–water partition coefficient (Wildman–Crippen LogP) is 2.47. The molecule has 64 valence electrons. The van der Waals surface area contributed by atoms with Crippen molar-refractivity contribution < 1.29 is 9.53 Å². The highest BCUT2D eigenvalue weighted by atomic mass is 35.5. The van der Waals surface area contributed by atoms with Crippen LogP contribution in [0.5, 0.6) is 5.75 Å². The van der Waals surface area contributed by atoms with Crippen LogP contribution in [0.15, 0.2) is 12.1 Å². The zero-order valence-corrected chi connectivity index (χ0v) is 7.68. The molecule has 1 aromatic rings. The van der Waals surface area contributed by atoms with Crippen LogP contribution < -0.4 is 4.74 Å². The number of aryl methyl sites for hydroxylation is 1. The van der Waals surface area contributed by atoms with Gasteiger partial charge in [-0.25, -0.2) is 0 Å². The first-order valence-corrected chi connectivity index (χ1v) is 3.86. The molecule has 0 aliphatic carbocycles. The number of ether oxygens (including phenoxy) is 1. The minimum Gasteiger partial charge on any atom is -0.495 e. The molecular formula is C9H9ClO2. The zero-order valence-electron chi connectivity index (χ0n) is 6.93. The average molecular weight is 185 g/mol. The Labute approximate surface area is 76.1 Å². The number of hydrogen-bond donors (Lipinski definition) is 0. The van der Waals surface area contributed by atoms with Crippen molar-refractivity contribution in [3.63, 3.8) is 0 Å². The van der Waals surface area contributed by atoms with Crippen molar-refractivity contribution in [2.75, 3.05) is 7.11 Å². The lowest BCUT2D eigenvalue weighted by Crippen LogP contribution is -1.90. The fraction of sp³-hybridized carbons (Fsp3) is 0.222. The summed E-state index contributed by atoms with van der Waals surface area (Å²) in [5.74, 6) is 0.532. The van der Waals surface area contributed by atoms with Gasteiger partial charge in [0.1, 0.15) is 12.0 Å². The third kappa shape index (κ3) is 1.59. The van der Waals surface area contributed by atoms with Crippen molar-refractivity contribution >= 4 is 17.9 Å². The van der Waals surface area contributed by atoms with E-state index < -0.39 is 0 Å². The van der Waals surface area contributed by atoms with E-state index in [4.69, 9.17) is 16.3 Å². The van der Waals surface area contributed by atoms with E-state index in [-0.39, 0.29) is 0 Å². The van der Waals surface area contributed by atoms with Gasteiger partial charge in [0.15, 0.2) is 0 Å². The van der Waals surface area contributed by atoms with Gasteiger partial charge < -0.3 is 4.74 Å². The molecular weight excluding hydrogens is 176 g/mol. The van der Waals surface area contributed by atoms with Crippen molar-refractivity contribution in [2.24, 2.45) is 0 Å². The number of rotatable bonds is 2. The maximum absolute atomic E-state index is 10.5. The van der Waals surface area contributed by atoms with Gasteiger partial charge in [0.05, 0.1) is 12.1 Å². The summed E-state index contributed by atoms with van der Waals surface area (Å²) in [4.78, 5) is 10.5. The average Bonchev–Trinajstić information content (AvgIpc) is 2.05. The second-order valence-electron chi connectivity index (χ2n) is 2.46. The third-order valence-electron chi connectivity index (χ3n) is 1.67. The number of hydrogen-bond acceptors (Lipinski definition) is 2. The van der Waals surface area contributed by atoms with Crippen LogP contribution in [0.2, 0.25) is 5.02 Å². The second-order valence-corrected chi connectivity index (χ2v) is 2.87. The monoisotopic (exact) mass is 184 g/mol. The van der Waals surface area contributed by atoms with Crippen molar-refractivity contribution in [1.29, 1.82) is 0 Å². The first-order chi connectivity index (χ1) is 5.69. The van der Waals surface area contributed by atoms with Crippen LogP contribution in [-0.2, 0) is 0 Å². The molecule has 12 heavy (non-hydrogen) atoms. The van der Waals surface area contributed by atoms with E-state index >= 15 is 0 Å². The minimum absolute atomic E-state index is 0.528. The number of benzene rings is 1. The molecule has 0 saturated heterocycles. The predicted molar refractivity (Wildman–Crippen MR) is 48.1 cm³/mol. The molecule has 0 spiro atoms. The lowest BCUT2D eigenvalue weighted by Gasteiger charge is -2.05. The van der Waals surface area contributed by atoms with Crippen LogP contribution in [0, 0.1) is 6.92 Å². The summed E-state index contributed by atoms with van der Waals surface area (Å²) in [6.45, 7) is 1.83. The Balaban J connectivity index is 3.26. The van der Waals surface area contributed by atoms with Crippen LogP contribution in [0.1, 0.15) is 15.9 Å². The molecule has 0 saturated carbocycles. The third-order valence-corrected chi connectivity index (χ3v) is 1.96. The molecule has 1 aromatic carbocycles. The summed E-state index contributed by atoms with van der Waals surface area (Å²) < 4.78 is 4.95. The Morgan fingerprint density at radius 3 is 2.67 bits per heavy atom. The Morgan fingerprint density at radius 2 is 2.17 bits per heavy atom. The van der Waals surface area contributed by atoms with Crippen molar-refractivity contribution in [1.82, 2.24) is 0 Å². The number of aldehydes is 1. The topological polar surface area (TPSA) is 26.3 Å². The molecule has 0 aliphatic rings. The van der Waals surface area contributed by atoms with Crippen molar-refractivity contribution in [3.05, 3.63) is 28.3 Å². The highest BCUT2D eigenvalue weighted by molar-refractivity contribution is 6.32. The van der Waals surface area contributed by atoms with Crippen LogP contribution in [0.3, 0.4) is 0 Å². The summed E-state index contributed by atoms with van der Waals surface area (Å²) >= 11 is 5.82. The Morgan fingerprint density at radius 1 is 1.50 bits per heavy atom. The molecule has 1 rings (SSSR count). The molecule has 0 radical (unpaired) electrons. The van der Waals surface area contributed by atoms with Gasteiger partial charge in [0.2, 0.25) is 0 Å². The van der Waals surface area contributed by atoms with Crippen molar-refractivity contribution in [2.45, 2.75) is 6.92 Å². The second kappa shape index (κ2) is 3.59. The smallest absolute Gasteiger partial charge is 0.150 e. The van der Waals surface area contributed by atoms with Gasteiger partial charge in [-0.15, -0.1) is 0 Å². The standard InChI is InChI=1S/C9H9ClO2/c1-6-3-8(10)9(12-2)4-7(6)5-11/h3-5H,1-2H3. The number of carbonyl (C=O) groups is 1. The summed E-state index contributed by atoms with van der Waals surface area (Å²) in [5, 5.41) is 0.528. The van der Waals surface area contributed by atoms with Gasteiger partial charge in [-0.3, -0.25) is 4.79 Å². The first kappa shape index (κ1) is 9.07. The Hall–Kier alpha value is -1.02. The first-order valence-electron chi connectivity index (χ1n) is 3.48. The molecule has 0 aromatic heterocycles. The van der Waals surface area contributed by atoms with Gasteiger partial charge in [-0.2, -0.15) is 0 Å². The van der Waals surface area contributed by atoms with Gasteiger partial charge in [0.25, 0.3) is 0 Å². The SMILES string of the molecule is COc1cc(C=O)c(C)cc1Cl. The molecule has 3 heteroatoms. The number of halogens is 1. The van der Waals surface area contributed by atoms with E-state index in [0.717, 1.165) is 11.8 Å². The lowest BCUT2D eigenvalue weighted by atomic mass is 10.1. The maximum atomic E-state index is 10.5. The number of carbonyl (C=O) groups excluding carboxylic acids is 1. The molecule has 0 heterocycles. The van der Waals surface area contributed by atoms with E-state index in [1.165, 1.54) is 7.11 Å². The van der Waals surface area contributed by atoms with E-state index in [1.807, 2.05) is 6.92 Å². The Kier molecular flexibility index (Phi) is 2.71. The van der Waals surface area contributed by atoms with Crippen molar-refractivity contribution in [3.8, 4) is 5.75 Å². The van der Waals surface area contributed by atoms with Crippen LogP contribution in [0.25, 0.3) is 0 Å².